The Hall–Kier alpha value is -1.81. The van der Waals surface area contributed by atoms with E-state index in [1.807, 2.05) is 29.2 Å². The topological polar surface area (TPSA) is 32.3 Å². The fourth-order valence-corrected chi connectivity index (χ4v) is 3.48. The summed E-state index contributed by atoms with van der Waals surface area (Å²) in [4.78, 5) is 14.9. The molecule has 0 aromatic heterocycles. The first kappa shape index (κ1) is 17.0. The van der Waals surface area contributed by atoms with Crippen LogP contribution in [-0.4, -0.2) is 17.5 Å². The maximum atomic E-state index is 12.9. The van der Waals surface area contributed by atoms with Gasteiger partial charge >= 0.3 is 6.03 Å². The molecule has 0 bridgehead atoms. The van der Waals surface area contributed by atoms with Gasteiger partial charge in [-0.15, -0.1) is 0 Å². The van der Waals surface area contributed by atoms with Gasteiger partial charge in [0, 0.05) is 16.7 Å². The van der Waals surface area contributed by atoms with Crippen molar-refractivity contribution < 1.29 is 4.79 Å². The quantitative estimate of drug-likeness (QED) is 0.683. The number of amides is 2. The number of aryl methyl sites for hydroxylation is 1. The lowest BCUT2D eigenvalue weighted by Crippen LogP contribution is -2.38. The molecule has 0 spiro atoms. The van der Waals surface area contributed by atoms with Crippen LogP contribution in [0.3, 0.4) is 0 Å². The molecule has 1 heterocycles. The number of urea groups is 1. The number of anilines is 1. The third-order valence-electron chi connectivity index (χ3n) is 4.57. The Balaban J connectivity index is 1.79. The SMILES string of the molecule is Cc1ccc([C@@H]2CCCCCN2C(=O)Nc2ccc(Br)cc2)cc1. The molecule has 1 N–H and O–H groups in total. The van der Waals surface area contributed by atoms with Gasteiger partial charge in [-0.25, -0.2) is 4.79 Å². The van der Waals surface area contributed by atoms with E-state index < -0.39 is 0 Å². The molecule has 24 heavy (non-hydrogen) atoms. The zero-order chi connectivity index (χ0) is 16.9. The number of benzene rings is 2. The van der Waals surface area contributed by atoms with Gasteiger partial charge in [-0.1, -0.05) is 58.6 Å². The number of likely N-dealkylation sites (tertiary alicyclic amines) is 1. The van der Waals surface area contributed by atoms with Gasteiger partial charge in [-0.05, 0) is 49.6 Å². The van der Waals surface area contributed by atoms with Gasteiger partial charge in [0.2, 0.25) is 0 Å². The average molecular weight is 387 g/mol. The fraction of sp³-hybridized carbons (Fsp3) is 0.350. The van der Waals surface area contributed by atoms with E-state index >= 15 is 0 Å². The van der Waals surface area contributed by atoms with Crippen LogP contribution in [0.2, 0.25) is 0 Å². The Kier molecular flexibility index (Phi) is 5.56. The highest BCUT2D eigenvalue weighted by Gasteiger charge is 2.26. The Morgan fingerprint density at radius 2 is 1.75 bits per heavy atom. The molecule has 1 aliphatic rings. The van der Waals surface area contributed by atoms with E-state index in [9.17, 15) is 4.79 Å². The molecule has 0 aliphatic carbocycles. The molecule has 1 fully saturated rings. The predicted octanol–water partition coefficient (Wildman–Crippen LogP) is 5.91. The van der Waals surface area contributed by atoms with Crippen molar-refractivity contribution >= 4 is 27.6 Å². The summed E-state index contributed by atoms with van der Waals surface area (Å²) in [6.07, 6.45) is 4.44. The Labute approximate surface area is 152 Å². The number of rotatable bonds is 2. The number of halogens is 1. The van der Waals surface area contributed by atoms with Gasteiger partial charge in [-0.3, -0.25) is 0 Å². The summed E-state index contributed by atoms with van der Waals surface area (Å²) in [5.41, 5.74) is 3.31. The van der Waals surface area contributed by atoms with E-state index in [0.29, 0.717) is 0 Å². The van der Waals surface area contributed by atoms with Crippen LogP contribution in [0.4, 0.5) is 10.5 Å². The van der Waals surface area contributed by atoms with Crippen molar-refractivity contribution in [3.8, 4) is 0 Å². The molecule has 1 atom stereocenters. The van der Waals surface area contributed by atoms with Gasteiger partial charge in [0.25, 0.3) is 0 Å². The molecule has 2 amide bonds. The maximum Gasteiger partial charge on any atom is 0.322 e. The van der Waals surface area contributed by atoms with Crippen molar-refractivity contribution in [2.24, 2.45) is 0 Å². The molecule has 2 aromatic carbocycles. The van der Waals surface area contributed by atoms with Crippen molar-refractivity contribution in [2.45, 2.75) is 38.6 Å². The lowest BCUT2D eigenvalue weighted by Gasteiger charge is -2.30. The third kappa shape index (κ3) is 4.18. The van der Waals surface area contributed by atoms with Crippen molar-refractivity contribution in [3.63, 3.8) is 0 Å². The number of nitrogens with one attached hydrogen (secondary N) is 1. The van der Waals surface area contributed by atoms with Crippen LogP contribution in [0.5, 0.6) is 0 Å². The van der Waals surface area contributed by atoms with Crippen molar-refractivity contribution in [2.75, 3.05) is 11.9 Å². The van der Waals surface area contributed by atoms with Gasteiger partial charge < -0.3 is 10.2 Å². The summed E-state index contributed by atoms with van der Waals surface area (Å²) in [6, 6.07) is 16.4. The Morgan fingerprint density at radius 1 is 1.04 bits per heavy atom. The average Bonchev–Trinajstić information content (AvgIpc) is 2.84. The molecule has 3 rings (SSSR count). The number of carbonyl (C=O) groups is 1. The molecule has 4 heteroatoms. The van der Waals surface area contributed by atoms with Gasteiger partial charge in [-0.2, -0.15) is 0 Å². The van der Waals surface area contributed by atoms with E-state index in [-0.39, 0.29) is 12.1 Å². The van der Waals surface area contributed by atoms with Crippen molar-refractivity contribution in [1.82, 2.24) is 4.90 Å². The minimum Gasteiger partial charge on any atom is -0.317 e. The summed E-state index contributed by atoms with van der Waals surface area (Å²) in [5.74, 6) is 0. The third-order valence-corrected chi connectivity index (χ3v) is 5.10. The second kappa shape index (κ2) is 7.84. The predicted molar refractivity (Wildman–Crippen MR) is 102 cm³/mol. The van der Waals surface area contributed by atoms with E-state index in [0.717, 1.165) is 29.5 Å². The highest BCUT2D eigenvalue weighted by Crippen LogP contribution is 2.31. The van der Waals surface area contributed by atoms with Crippen LogP contribution < -0.4 is 5.32 Å². The van der Waals surface area contributed by atoms with Crippen LogP contribution in [-0.2, 0) is 0 Å². The minimum absolute atomic E-state index is 0.00945. The highest BCUT2D eigenvalue weighted by molar-refractivity contribution is 9.10. The summed E-state index contributed by atoms with van der Waals surface area (Å²) in [6.45, 7) is 2.90. The highest BCUT2D eigenvalue weighted by atomic mass is 79.9. The second-order valence-electron chi connectivity index (χ2n) is 6.41. The molecule has 0 unspecified atom stereocenters. The van der Waals surface area contributed by atoms with Crippen LogP contribution in [0.15, 0.2) is 53.0 Å². The standard InChI is InChI=1S/C20H23BrN2O/c1-15-6-8-16(9-7-15)19-5-3-2-4-14-23(19)20(24)22-18-12-10-17(21)11-13-18/h6-13,19H,2-5,14H2,1H3,(H,22,24)/t19-/m0/s1. The smallest absolute Gasteiger partial charge is 0.317 e. The zero-order valence-corrected chi connectivity index (χ0v) is 15.6. The van der Waals surface area contributed by atoms with E-state index in [4.69, 9.17) is 0 Å². The summed E-state index contributed by atoms with van der Waals surface area (Å²) >= 11 is 3.42. The molecule has 1 aliphatic heterocycles. The lowest BCUT2D eigenvalue weighted by molar-refractivity contribution is 0.189. The normalized spacial score (nSPS) is 18.1. The van der Waals surface area contributed by atoms with Gasteiger partial charge in [0.15, 0.2) is 0 Å². The van der Waals surface area contributed by atoms with E-state index in [1.54, 1.807) is 0 Å². The minimum atomic E-state index is -0.00945. The fourth-order valence-electron chi connectivity index (χ4n) is 3.22. The molecule has 0 saturated carbocycles. The van der Waals surface area contributed by atoms with Crippen LogP contribution >= 0.6 is 15.9 Å². The van der Waals surface area contributed by atoms with E-state index in [2.05, 4.69) is 52.4 Å². The maximum absolute atomic E-state index is 12.9. The number of hydrogen-bond donors (Lipinski definition) is 1. The first-order chi connectivity index (χ1) is 11.6. The largest absolute Gasteiger partial charge is 0.322 e. The number of nitrogens with zero attached hydrogens (tertiary/aromatic N) is 1. The zero-order valence-electron chi connectivity index (χ0n) is 14.0. The monoisotopic (exact) mass is 386 g/mol. The molecule has 1 saturated heterocycles. The lowest BCUT2D eigenvalue weighted by atomic mass is 10.00. The number of hydrogen-bond acceptors (Lipinski definition) is 1. The second-order valence-corrected chi connectivity index (χ2v) is 7.32. The molecule has 2 aromatic rings. The Morgan fingerprint density at radius 3 is 2.46 bits per heavy atom. The molecule has 126 valence electrons. The summed E-state index contributed by atoms with van der Waals surface area (Å²) in [7, 11) is 0. The Bertz CT molecular complexity index is 682. The van der Waals surface area contributed by atoms with Crippen molar-refractivity contribution in [3.05, 3.63) is 64.1 Å². The molecular formula is C20H23BrN2O. The van der Waals surface area contributed by atoms with Crippen LogP contribution in [0.25, 0.3) is 0 Å². The van der Waals surface area contributed by atoms with Gasteiger partial charge in [0.05, 0.1) is 6.04 Å². The first-order valence-corrected chi connectivity index (χ1v) is 9.32. The van der Waals surface area contributed by atoms with Gasteiger partial charge in [0.1, 0.15) is 0 Å². The molecule has 0 radical (unpaired) electrons. The van der Waals surface area contributed by atoms with Crippen LogP contribution in [0, 0.1) is 6.92 Å². The first-order valence-electron chi connectivity index (χ1n) is 8.53. The summed E-state index contributed by atoms with van der Waals surface area (Å²) < 4.78 is 1.01. The molecular weight excluding hydrogens is 364 g/mol. The number of carbonyl (C=O) groups excluding carboxylic acids is 1. The molecule has 3 nitrogen and oxygen atoms in total. The van der Waals surface area contributed by atoms with E-state index in [1.165, 1.54) is 24.0 Å². The summed E-state index contributed by atoms with van der Waals surface area (Å²) in [5, 5.41) is 3.04. The van der Waals surface area contributed by atoms with Crippen LogP contribution in [0.1, 0.15) is 42.9 Å². The van der Waals surface area contributed by atoms with Crippen molar-refractivity contribution in [1.29, 1.82) is 0 Å².